The Balaban J connectivity index is 1.50. The van der Waals surface area contributed by atoms with Crippen LogP contribution in [0.5, 0.6) is 0 Å². The van der Waals surface area contributed by atoms with Crippen molar-refractivity contribution in [1.82, 2.24) is 10.3 Å². The highest BCUT2D eigenvalue weighted by Gasteiger charge is 2.13. The van der Waals surface area contributed by atoms with Crippen molar-refractivity contribution in [1.29, 1.82) is 0 Å². The number of benzene rings is 1. The number of nitrogens with zero attached hydrogens (tertiary/aromatic N) is 2. The van der Waals surface area contributed by atoms with E-state index in [0.717, 1.165) is 31.6 Å². The van der Waals surface area contributed by atoms with E-state index in [1.807, 2.05) is 30.5 Å². The van der Waals surface area contributed by atoms with Gasteiger partial charge in [0, 0.05) is 25.8 Å². The molecule has 0 spiro atoms. The van der Waals surface area contributed by atoms with Gasteiger partial charge in [0.25, 0.3) is 5.91 Å². The maximum atomic E-state index is 12.4. The van der Waals surface area contributed by atoms with Gasteiger partial charge in [-0.1, -0.05) is 43.2 Å². The van der Waals surface area contributed by atoms with Crippen molar-refractivity contribution in [3.8, 4) is 0 Å². The van der Waals surface area contributed by atoms with Gasteiger partial charge in [0.05, 0.1) is 17.4 Å². The molecule has 1 aliphatic rings. The van der Waals surface area contributed by atoms with Crippen LogP contribution in [0.4, 0.5) is 5.69 Å². The number of rotatable bonds is 6. The summed E-state index contributed by atoms with van der Waals surface area (Å²) < 4.78 is 0. The lowest BCUT2D eigenvalue weighted by Crippen LogP contribution is -2.27. The summed E-state index contributed by atoms with van der Waals surface area (Å²) in [5.74, 6) is -0.0303. The molecule has 1 aliphatic heterocycles. The molecule has 1 saturated heterocycles. The predicted molar refractivity (Wildman–Crippen MR) is 102 cm³/mol. The molecule has 1 fully saturated rings. The lowest BCUT2D eigenvalue weighted by Gasteiger charge is -2.22. The quantitative estimate of drug-likeness (QED) is 0.815. The highest BCUT2D eigenvalue weighted by atomic mass is 16.1. The number of aromatic nitrogens is 1. The Morgan fingerprint density at radius 1 is 1.04 bits per heavy atom. The average Bonchev–Trinajstić information content (AvgIpc) is 2.95. The Bertz CT molecular complexity index is 664. The third kappa shape index (κ3) is 5.31. The summed E-state index contributed by atoms with van der Waals surface area (Å²) in [6, 6.07) is 12.3. The maximum Gasteiger partial charge on any atom is 0.252 e. The number of aryl methyl sites for hydroxylation is 1. The topological polar surface area (TPSA) is 45.2 Å². The molecule has 0 radical (unpaired) electrons. The minimum Gasteiger partial charge on any atom is -0.370 e. The predicted octanol–water partition coefficient (Wildman–Crippen LogP) is 3.82. The van der Waals surface area contributed by atoms with Crippen LogP contribution in [-0.2, 0) is 6.42 Å². The maximum absolute atomic E-state index is 12.4. The van der Waals surface area contributed by atoms with Crippen LogP contribution in [0.25, 0.3) is 0 Å². The summed E-state index contributed by atoms with van der Waals surface area (Å²) in [5, 5.41) is 3.01. The number of hydrogen-bond donors (Lipinski definition) is 1. The van der Waals surface area contributed by atoms with Crippen LogP contribution >= 0.6 is 0 Å². The van der Waals surface area contributed by atoms with Crippen LogP contribution < -0.4 is 10.2 Å². The van der Waals surface area contributed by atoms with Gasteiger partial charge in [0.1, 0.15) is 0 Å². The average molecular weight is 337 g/mol. The van der Waals surface area contributed by atoms with Gasteiger partial charge < -0.3 is 10.2 Å². The zero-order valence-corrected chi connectivity index (χ0v) is 14.8. The van der Waals surface area contributed by atoms with Crippen molar-refractivity contribution in [2.24, 2.45) is 0 Å². The first-order valence-corrected chi connectivity index (χ1v) is 9.35. The fourth-order valence-electron chi connectivity index (χ4n) is 3.29. The molecule has 0 bridgehead atoms. The van der Waals surface area contributed by atoms with Gasteiger partial charge in [-0.2, -0.15) is 0 Å². The van der Waals surface area contributed by atoms with E-state index in [9.17, 15) is 4.79 Å². The number of nitrogens with one attached hydrogen (secondary N) is 1. The van der Waals surface area contributed by atoms with Crippen molar-refractivity contribution in [2.75, 3.05) is 24.5 Å². The Hall–Kier alpha value is -2.36. The van der Waals surface area contributed by atoms with Crippen molar-refractivity contribution < 1.29 is 4.79 Å². The Morgan fingerprint density at radius 3 is 2.56 bits per heavy atom. The van der Waals surface area contributed by atoms with Gasteiger partial charge in [-0.3, -0.25) is 9.78 Å². The summed E-state index contributed by atoms with van der Waals surface area (Å²) >= 11 is 0. The molecule has 0 saturated carbocycles. The SMILES string of the molecule is O=C(NCCCc1ccccc1)c1cncc(N2CCCCCC2)c1. The monoisotopic (exact) mass is 337 g/mol. The van der Waals surface area contributed by atoms with Gasteiger partial charge >= 0.3 is 0 Å². The van der Waals surface area contributed by atoms with Crippen molar-refractivity contribution in [3.63, 3.8) is 0 Å². The summed E-state index contributed by atoms with van der Waals surface area (Å²) in [6.45, 7) is 2.80. The van der Waals surface area contributed by atoms with Gasteiger partial charge in [0.2, 0.25) is 0 Å². The zero-order valence-electron chi connectivity index (χ0n) is 14.8. The highest BCUT2D eigenvalue weighted by molar-refractivity contribution is 5.94. The molecule has 132 valence electrons. The Labute approximate surface area is 150 Å². The molecule has 1 amide bonds. The minimum atomic E-state index is -0.0303. The van der Waals surface area contributed by atoms with Gasteiger partial charge in [-0.15, -0.1) is 0 Å². The van der Waals surface area contributed by atoms with Crippen molar-refractivity contribution >= 4 is 11.6 Å². The molecule has 2 heterocycles. The largest absolute Gasteiger partial charge is 0.370 e. The second kappa shape index (κ2) is 9.21. The number of amides is 1. The first-order chi connectivity index (χ1) is 12.3. The molecule has 0 atom stereocenters. The molecule has 4 heteroatoms. The second-order valence-corrected chi connectivity index (χ2v) is 6.68. The number of carbonyl (C=O) groups excluding carboxylic acids is 1. The van der Waals surface area contributed by atoms with Crippen LogP contribution in [0.3, 0.4) is 0 Å². The van der Waals surface area contributed by atoms with E-state index in [-0.39, 0.29) is 5.91 Å². The van der Waals surface area contributed by atoms with E-state index in [2.05, 4.69) is 27.3 Å². The molecule has 0 aliphatic carbocycles. The van der Waals surface area contributed by atoms with Crippen LogP contribution in [0, 0.1) is 0 Å². The third-order valence-electron chi connectivity index (χ3n) is 4.73. The summed E-state index contributed by atoms with van der Waals surface area (Å²) in [6.07, 6.45) is 10.5. The molecule has 25 heavy (non-hydrogen) atoms. The summed E-state index contributed by atoms with van der Waals surface area (Å²) in [4.78, 5) is 19.0. The third-order valence-corrected chi connectivity index (χ3v) is 4.73. The fraction of sp³-hybridized carbons (Fsp3) is 0.429. The molecule has 0 unspecified atom stereocenters. The number of carbonyl (C=O) groups is 1. The zero-order chi connectivity index (χ0) is 17.3. The normalized spacial score (nSPS) is 14.8. The van der Waals surface area contributed by atoms with E-state index >= 15 is 0 Å². The van der Waals surface area contributed by atoms with Gasteiger partial charge in [0.15, 0.2) is 0 Å². The Kier molecular flexibility index (Phi) is 6.43. The number of anilines is 1. The molecular formula is C21H27N3O. The molecule has 3 rings (SSSR count). The Morgan fingerprint density at radius 2 is 1.80 bits per heavy atom. The number of hydrogen-bond acceptors (Lipinski definition) is 3. The smallest absolute Gasteiger partial charge is 0.252 e. The molecule has 4 nitrogen and oxygen atoms in total. The van der Waals surface area contributed by atoms with Crippen molar-refractivity contribution in [3.05, 3.63) is 59.9 Å². The van der Waals surface area contributed by atoms with E-state index in [4.69, 9.17) is 0 Å². The minimum absolute atomic E-state index is 0.0303. The molecule has 1 aromatic carbocycles. The van der Waals surface area contributed by atoms with Gasteiger partial charge in [-0.05, 0) is 37.3 Å². The summed E-state index contributed by atoms with van der Waals surface area (Å²) in [5.41, 5.74) is 3.03. The van der Waals surface area contributed by atoms with Gasteiger partial charge in [-0.25, -0.2) is 0 Å². The first-order valence-electron chi connectivity index (χ1n) is 9.35. The summed E-state index contributed by atoms with van der Waals surface area (Å²) in [7, 11) is 0. The molecule has 1 N–H and O–H groups in total. The van der Waals surface area contributed by atoms with E-state index in [0.29, 0.717) is 12.1 Å². The lowest BCUT2D eigenvalue weighted by molar-refractivity contribution is 0.0953. The number of pyridine rings is 1. The molecular weight excluding hydrogens is 310 g/mol. The van der Waals surface area contributed by atoms with Crippen LogP contribution in [0.1, 0.15) is 48.0 Å². The van der Waals surface area contributed by atoms with E-state index in [1.165, 1.54) is 31.2 Å². The van der Waals surface area contributed by atoms with E-state index in [1.54, 1.807) is 6.20 Å². The van der Waals surface area contributed by atoms with Crippen LogP contribution in [0.2, 0.25) is 0 Å². The van der Waals surface area contributed by atoms with Crippen molar-refractivity contribution in [2.45, 2.75) is 38.5 Å². The van der Waals surface area contributed by atoms with Crippen LogP contribution in [-0.4, -0.2) is 30.5 Å². The first kappa shape index (κ1) is 17.5. The second-order valence-electron chi connectivity index (χ2n) is 6.68. The standard InChI is InChI=1S/C21H27N3O/c25-21(23-12-8-11-18-9-4-3-5-10-18)19-15-20(17-22-16-19)24-13-6-1-2-7-14-24/h3-5,9-10,15-17H,1-2,6-8,11-14H2,(H,23,25). The lowest BCUT2D eigenvalue weighted by atomic mass is 10.1. The van der Waals surface area contributed by atoms with Crippen LogP contribution in [0.15, 0.2) is 48.8 Å². The molecule has 1 aromatic heterocycles. The van der Waals surface area contributed by atoms with E-state index < -0.39 is 0 Å². The fourth-order valence-corrected chi connectivity index (χ4v) is 3.29. The highest BCUT2D eigenvalue weighted by Crippen LogP contribution is 2.19. The molecule has 2 aromatic rings.